The van der Waals surface area contributed by atoms with E-state index in [1.54, 1.807) is 10.8 Å². The maximum atomic E-state index is 4.53. The van der Waals surface area contributed by atoms with Crippen LogP contribution in [0.1, 0.15) is 24.5 Å². The van der Waals surface area contributed by atoms with Gasteiger partial charge >= 0.3 is 0 Å². The molecule has 0 aliphatic carbocycles. The Balaban J connectivity index is 1.67. The molecular formula is C18H18N6. The highest BCUT2D eigenvalue weighted by Gasteiger charge is 2.19. The van der Waals surface area contributed by atoms with E-state index in [1.807, 2.05) is 24.5 Å². The van der Waals surface area contributed by atoms with Gasteiger partial charge in [0.05, 0.1) is 11.7 Å². The van der Waals surface area contributed by atoms with Gasteiger partial charge in [0.15, 0.2) is 0 Å². The van der Waals surface area contributed by atoms with Crippen LogP contribution in [0, 0.1) is 0 Å². The number of H-pyrrole nitrogens is 1. The molecule has 0 amide bonds. The topological polar surface area (TPSA) is 70.9 Å². The second-order valence-electron chi connectivity index (χ2n) is 6.33. The number of hydrogen-bond acceptors (Lipinski definition) is 4. The fourth-order valence-corrected chi connectivity index (χ4v) is 3.68. The van der Waals surface area contributed by atoms with Crippen molar-refractivity contribution in [3.05, 3.63) is 48.5 Å². The molecule has 24 heavy (non-hydrogen) atoms. The second-order valence-corrected chi connectivity index (χ2v) is 6.33. The summed E-state index contributed by atoms with van der Waals surface area (Å²) in [4.78, 5) is 8.07. The van der Waals surface area contributed by atoms with Crippen LogP contribution in [0.5, 0.6) is 0 Å². The van der Waals surface area contributed by atoms with E-state index in [0.717, 1.165) is 40.8 Å². The molecule has 5 heterocycles. The second kappa shape index (κ2) is 5.42. The lowest BCUT2D eigenvalue weighted by atomic mass is 9.94. The normalized spacial score (nSPS) is 16.2. The van der Waals surface area contributed by atoms with Gasteiger partial charge in [-0.2, -0.15) is 14.8 Å². The first-order chi connectivity index (χ1) is 11.9. The maximum absolute atomic E-state index is 4.53. The number of rotatable bonds is 2. The van der Waals surface area contributed by atoms with Gasteiger partial charge in [0.2, 0.25) is 0 Å². The summed E-state index contributed by atoms with van der Waals surface area (Å²) in [5.41, 5.74) is 5.49. The summed E-state index contributed by atoms with van der Waals surface area (Å²) >= 11 is 0. The minimum atomic E-state index is 0.582. The predicted octanol–water partition coefficient (Wildman–Crippen LogP) is 2.74. The molecule has 6 nitrogen and oxygen atoms in total. The molecule has 4 aromatic rings. The molecule has 4 aromatic heterocycles. The van der Waals surface area contributed by atoms with Crippen molar-refractivity contribution in [3.63, 3.8) is 0 Å². The molecule has 0 unspecified atom stereocenters. The molecule has 1 saturated heterocycles. The number of hydrogen-bond donors (Lipinski definition) is 2. The maximum Gasteiger partial charge on any atom is 0.138 e. The molecule has 5 rings (SSSR count). The molecule has 0 aromatic carbocycles. The van der Waals surface area contributed by atoms with Crippen LogP contribution in [0.25, 0.3) is 27.7 Å². The quantitative estimate of drug-likeness (QED) is 0.596. The molecular weight excluding hydrogens is 300 g/mol. The third-order valence-corrected chi connectivity index (χ3v) is 4.93. The summed E-state index contributed by atoms with van der Waals surface area (Å²) in [7, 11) is 0. The zero-order valence-electron chi connectivity index (χ0n) is 13.2. The van der Waals surface area contributed by atoms with Gasteiger partial charge in [0.1, 0.15) is 5.65 Å². The van der Waals surface area contributed by atoms with Crippen molar-refractivity contribution in [2.24, 2.45) is 0 Å². The summed E-state index contributed by atoms with van der Waals surface area (Å²) in [5, 5.41) is 13.2. The Morgan fingerprint density at radius 2 is 1.96 bits per heavy atom. The number of nitrogens with one attached hydrogen (secondary N) is 2. The molecule has 1 fully saturated rings. The highest BCUT2D eigenvalue weighted by atomic mass is 15.4. The summed E-state index contributed by atoms with van der Waals surface area (Å²) < 4.78 is 1.67. The van der Waals surface area contributed by atoms with Gasteiger partial charge in [-0.05, 0) is 55.8 Å². The van der Waals surface area contributed by atoms with Gasteiger partial charge in [-0.15, -0.1) is 0 Å². The fourth-order valence-electron chi connectivity index (χ4n) is 3.68. The zero-order valence-corrected chi connectivity index (χ0v) is 13.2. The molecule has 0 bridgehead atoms. The Morgan fingerprint density at radius 1 is 1.04 bits per heavy atom. The molecule has 2 N–H and O–H groups in total. The van der Waals surface area contributed by atoms with Crippen LogP contribution in [-0.2, 0) is 0 Å². The monoisotopic (exact) mass is 318 g/mol. The smallest absolute Gasteiger partial charge is 0.138 e. The SMILES string of the molecule is c1cnn2ncc(-c3ccnc4[nH]c(C5CCNCC5)cc34)c2c1. The largest absolute Gasteiger partial charge is 0.343 e. The molecule has 0 atom stereocenters. The summed E-state index contributed by atoms with van der Waals surface area (Å²) in [6.07, 6.45) is 7.83. The van der Waals surface area contributed by atoms with Crippen molar-refractivity contribution in [1.82, 2.24) is 30.1 Å². The Kier molecular flexibility index (Phi) is 3.09. The first kappa shape index (κ1) is 13.7. The van der Waals surface area contributed by atoms with Crippen LogP contribution >= 0.6 is 0 Å². The van der Waals surface area contributed by atoms with Crippen LogP contribution in [0.3, 0.4) is 0 Å². The third kappa shape index (κ3) is 2.11. The van der Waals surface area contributed by atoms with Crippen LogP contribution < -0.4 is 5.32 Å². The van der Waals surface area contributed by atoms with Gasteiger partial charge in [-0.3, -0.25) is 0 Å². The van der Waals surface area contributed by atoms with Gasteiger partial charge in [-0.25, -0.2) is 4.98 Å². The van der Waals surface area contributed by atoms with E-state index in [4.69, 9.17) is 0 Å². The lowest BCUT2D eigenvalue weighted by molar-refractivity contribution is 0.455. The van der Waals surface area contributed by atoms with E-state index in [0.29, 0.717) is 5.92 Å². The van der Waals surface area contributed by atoms with E-state index >= 15 is 0 Å². The van der Waals surface area contributed by atoms with Crippen LogP contribution in [0.15, 0.2) is 42.9 Å². The first-order valence-corrected chi connectivity index (χ1v) is 8.38. The molecule has 0 saturated carbocycles. The van der Waals surface area contributed by atoms with E-state index < -0.39 is 0 Å². The van der Waals surface area contributed by atoms with Gasteiger partial charge in [0.25, 0.3) is 0 Å². The van der Waals surface area contributed by atoms with Gasteiger partial charge < -0.3 is 10.3 Å². The average molecular weight is 318 g/mol. The Hall–Kier alpha value is -2.73. The number of pyridine rings is 1. The van der Waals surface area contributed by atoms with Crippen molar-refractivity contribution >= 4 is 16.6 Å². The predicted molar refractivity (Wildman–Crippen MR) is 92.9 cm³/mol. The molecule has 120 valence electrons. The average Bonchev–Trinajstić information content (AvgIpc) is 3.26. The van der Waals surface area contributed by atoms with E-state index in [2.05, 4.69) is 37.6 Å². The Morgan fingerprint density at radius 3 is 2.88 bits per heavy atom. The van der Waals surface area contributed by atoms with Crippen molar-refractivity contribution in [2.75, 3.05) is 13.1 Å². The van der Waals surface area contributed by atoms with E-state index in [1.165, 1.54) is 18.5 Å². The van der Waals surface area contributed by atoms with E-state index in [-0.39, 0.29) is 0 Å². The summed E-state index contributed by atoms with van der Waals surface area (Å²) in [6.45, 7) is 2.17. The number of nitrogens with zero attached hydrogens (tertiary/aromatic N) is 4. The van der Waals surface area contributed by atoms with Crippen LogP contribution in [0.2, 0.25) is 0 Å². The van der Waals surface area contributed by atoms with Crippen molar-refractivity contribution < 1.29 is 0 Å². The van der Waals surface area contributed by atoms with Crippen LogP contribution in [-0.4, -0.2) is 37.9 Å². The number of aromatic amines is 1. The highest BCUT2D eigenvalue weighted by molar-refractivity contribution is 5.97. The number of piperidine rings is 1. The summed E-state index contributed by atoms with van der Waals surface area (Å²) in [5.74, 6) is 0.582. The molecule has 6 heteroatoms. The van der Waals surface area contributed by atoms with Gasteiger partial charge in [-0.1, -0.05) is 0 Å². The molecule has 0 radical (unpaired) electrons. The highest BCUT2D eigenvalue weighted by Crippen LogP contribution is 2.33. The minimum Gasteiger partial charge on any atom is -0.343 e. The lowest BCUT2D eigenvalue weighted by Crippen LogP contribution is -2.26. The summed E-state index contributed by atoms with van der Waals surface area (Å²) in [6, 6.07) is 8.32. The third-order valence-electron chi connectivity index (χ3n) is 4.93. The van der Waals surface area contributed by atoms with Crippen molar-refractivity contribution in [1.29, 1.82) is 0 Å². The zero-order chi connectivity index (χ0) is 15.9. The van der Waals surface area contributed by atoms with Crippen molar-refractivity contribution in [2.45, 2.75) is 18.8 Å². The number of fused-ring (bicyclic) bond motifs is 2. The molecule has 0 spiro atoms. The Bertz CT molecular complexity index is 1010. The molecule has 1 aliphatic rings. The standard InChI is InChI=1S/C18H18N6/c1-2-17-15(11-22-24(17)21-6-1)13-5-9-20-18-14(13)10-16(23-18)12-3-7-19-8-4-12/h1-2,5-6,9-12,19H,3-4,7-8H2,(H,20,23). The van der Waals surface area contributed by atoms with Gasteiger partial charge in [0, 0.05) is 35.0 Å². The first-order valence-electron chi connectivity index (χ1n) is 8.38. The van der Waals surface area contributed by atoms with Crippen molar-refractivity contribution in [3.8, 4) is 11.1 Å². The lowest BCUT2D eigenvalue weighted by Gasteiger charge is -2.21. The fraction of sp³-hybridized carbons (Fsp3) is 0.278. The van der Waals surface area contributed by atoms with E-state index in [9.17, 15) is 0 Å². The van der Waals surface area contributed by atoms with Crippen LogP contribution in [0.4, 0.5) is 0 Å². The molecule has 1 aliphatic heterocycles. The number of aromatic nitrogens is 5. The minimum absolute atomic E-state index is 0.582. The Labute approximate surface area is 138 Å².